The van der Waals surface area contributed by atoms with E-state index in [9.17, 15) is 4.79 Å². The van der Waals surface area contributed by atoms with Crippen molar-refractivity contribution in [3.63, 3.8) is 0 Å². The van der Waals surface area contributed by atoms with Gasteiger partial charge in [0.05, 0.1) is 5.56 Å². The average Bonchev–Trinajstić information content (AvgIpc) is 2.78. The molecule has 0 aliphatic rings. The molecule has 1 amide bonds. The molecule has 2 N–H and O–H groups in total. The SMILES string of the molecule is CCCc1cc(NC(=O)c2cccnc2)n[nH]1. The number of aromatic amines is 1. The molecule has 0 saturated carbocycles. The number of carbonyl (C=O) groups is 1. The van der Waals surface area contributed by atoms with Gasteiger partial charge in [0.15, 0.2) is 5.82 Å². The number of H-pyrrole nitrogens is 1. The van der Waals surface area contributed by atoms with Crippen LogP contribution in [-0.4, -0.2) is 21.1 Å². The fourth-order valence-electron chi connectivity index (χ4n) is 1.51. The first kappa shape index (κ1) is 11.3. The van der Waals surface area contributed by atoms with Crippen LogP contribution in [0.5, 0.6) is 0 Å². The first-order valence-electron chi connectivity index (χ1n) is 5.55. The number of rotatable bonds is 4. The molecule has 0 aliphatic carbocycles. The number of aromatic nitrogens is 3. The lowest BCUT2D eigenvalue weighted by atomic mass is 10.2. The van der Waals surface area contributed by atoms with E-state index >= 15 is 0 Å². The number of hydrogen-bond donors (Lipinski definition) is 2. The molecule has 0 radical (unpaired) electrons. The van der Waals surface area contributed by atoms with Crippen LogP contribution in [0, 0.1) is 0 Å². The van der Waals surface area contributed by atoms with E-state index in [0.717, 1.165) is 18.5 Å². The summed E-state index contributed by atoms with van der Waals surface area (Å²) in [4.78, 5) is 15.7. The van der Waals surface area contributed by atoms with Crippen LogP contribution in [0.1, 0.15) is 29.4 Å². The summed E-state index contributed by atoms with van der Waals surface area (Å²) in [5, 5.41) is 9.62. The van der Waals surface area contributed by atoms with Crippen molar-refractivity contribution in [1.82, 2.24) is 15.2 Å². The molecule has 0 fully saturated rings. The van der Waals surface area contributed by atoms with E-state index in [2.05, 4.69) is 27.4 Å². The van der Waals surface area contributed by atoms with Crippen molar-refractivity contribution >= 4 is 11.7 Å². The zero-order valence-corrected chi connectivity index (χ0v) is 9.60. The highest BCUT2D eigenvalue weighted by molar-refractivity contribution is 6.03. The standard InChI is InChI=1S/C12H14N4O/c1-2-4-10-7-11(16-15-10)14-12(17)9-5-3-6-13-8-9/h3,5-8H,2,4H2,1H3,(H2,14,15,16,17). The molecule has 0 aromatic carbocycles. The number of hydrogen-bond acceptors (Lipinski definition) is 3. The van der Waals surface area contributed by atoms with Crippen molar-refractivity contribution < 1.29 is 4.79 Å². The molecule has 5 nitrogen and oxygen atoms in total. The van der Waals surface area contributed by atoms with Gasteiger partial charge >= 0.3 is 0 Å². The number of carbonyl (C=O) groups excluding carboxylic acids is 1. The van der Waals surface area contributed by atoms with Gasteiger partial charge in [0.2, 0.25) is 0 Å². The van der Waals surface area contributed by atoms with Gasteiger partial charge in [-0.15, -0.1) is 0 Å². The molecule has 2 aromatic heterocycles. The topological polar surface area (TPSA) is 70.7 Å². The van der Waals surface area contributed by atoms with Crippen LogP contribution in [0.4, 0.5) is 5.82 Å². The van der Waals surface area contributed by atoms with Crippen molar-refractivity contribution in [2.24, 2.45) is 0 Å². The Morgan fingerprint density at radius 3 is 3.12 bits per heavy atom. The van der Waals surface area contributed by atoms with Crippen molar-refractivity contribution in [3.05, 3.63) is 41.9 Å². The third kappa shape index (κ3) is 2.90. The van der Waals surface area contributed by atoms with Crippen molar-refractivity contribution in [1.29, 1.82) is 0 Å². The molecule has 2 aromatic rings. The van der Waals surface area contributed by atoms with E-state index in [1.54, 1.807) is 18.3 Å². The first-order valence-corrected chi connectivity index (χ1v) is 5.55. The third-order valence-corrected chi connectivity index (χ3v) is 2.32. The van der Waals surface area contributed by atoms with E-state index in [1.165, 1.54) is 6.20 Å². The smallest absolute Gasteiger partial charge is 0.258 e. The van der Waals surface area contributed by atoms with Crippen LogP contribution < -0.4 is 5.32 Å². The van der Waals surface area contributed by atoms with Crippen LogP contribution in [-0.2, 0) is 6.42 Å². The lowest BCUT2D eigenvalue weighted by molar-refractivity contribution is 0.102. The maximum Gasteiger partial charge on any atom is 0.258 e. The Bertz CT molecular complexity index is 492. The lowest BCUT2D eigenvalue weighted by Gasteiger charge is -1.99. The van der Waals surface area contributed by atoms with Gasteiger partial charge in [0.1, 0.15) is 0 Å². The minimum atomic E-state index is -0.201. The van der Waals surface area contributed by atoms with Crippen LogP contribution >= 0.6 is 0 Å². The molecule has 0 bridgehead atoms. The fourth-order valence-corrected chi connectivity index (χ4v) is 1.51. The normalized spacial score (nSPS) is 10.2. The number of nitrogens with one attached hydrogen (secondary N) is 2. The Hall–Kier alpha value is -2.17. The lowest BCUT2D eigenvalue weighted by Crippen LogP contribution is -2.12. The number of amides is 1. The zero-order chi connectivity index (χ0) is 12.1. The first-order chi connectivity index (χ1) is 8.29. The molecular formula is C12H14N4O. The highest BCUT2D eigenvalue weighted by atomic mass is 16.1. The van der Waals surface area contributed by atoms with Crippen LogP contribution in [0.3, 0.4) is 0 Å². The van der Waals surface area contributed by atoms with Gasteiger partial charge in [-0.25, -0.2) is 0 Å². The summed E-state index contributed by atoms with van der Waals surface area (Å²) in [5.41, 5.74) is 1.54. The highest BCUT2D eigenvalue weighted by Crippen LogP contribution is 2.08. The molecule has 88 valence electrons. The molecule has 2 rings (SSSR count). The van der Waals surface area contributed by atoms with E-state index in [-0.39, 0.29) is 5.91 Å². The molecule has 0 atom stereocenters. The zero-order valence-electron chi connectivity index (χ0n) is 9.60. The second-order valence-electron chi connectivity index (χ2n) is 3.72. The largest absolute Gasteiger partial charge is 0.305 e. The summed E-state index contributed by atoms with van der Waals surface area (Å²) in [5.74, 6) is 0.343. The number of anilines is 1. The predicted octanol–water partition coefficient (Wildman–Crippen LogP) is 2.01. The Balaban J connectivity index is 2.03. The molecule has 0 unspecified atom stereocenters. The molecule has 5 heteroatoms. The van der Waals surface area contributed by atoms with Crippen molar-refractivity contribution in [3.8, 4) is 0 Å². The van der Waals surface area contributed by atoms with Gasteiger partial charge in [-0.2, -0.15) is 5.10 Å². The Labute approximate surface area is 99.3 Å². The monoisotopic (exact) mass is 230 g/mol. The summed E-state index contributed by atoms with van der Waals surface area (Å²) in [6.45, 7) is 2.09. The number of aryl methyl sites for hydroxylation is 1. The maximum atomic E-state index is 11.8. The van der Waals surface area contributed by atoms with Gasteiger partial charge in [0, 0.05) is 24.2 Å². The number of pyridine rings is 1. The van der Waals surface area contributed by atoms with Gasteiger partial charge in [-0.3, -0.25) is 14.9 Å². The minimum absolute atomic E-state index is 0.201. The Morgan fingerprint density at radius 1 is 1.53 bits per heavy atom. The Kier molecular flexibility index (Phi) is 3.49. The highest BCUT2D eigenvalue weighted by Gasteiger charge is 2.07. The van der Waals surface area contributed by atoms with Crippen LogP contribution in [0.15, 0.2) is 30.6 Å². The predicted molar refractivity (Wildman–Crippen MR) is 64.8 cm³/mol. The maximum absolute atomic E-state index is 11.8. The quantitative estimate of drug-likeness (QED) is 0.844. The van der Waals surface area contributed by atoms with E-state index in [0.29, 0.717) is 11.4 Å². The molecule has 17 heavy (non-hydrogen) atoms. The second-order valence-corrected chi connectivity index (χ2v) is 3.72. The molecule has 2 heterocycles. The summed E-state index contributed by atoms with van der Waals surface area (Å²) in [6, 6.07) is 5.28. The Morgan fingerprint density at radius 2 is 2.41 bits per heavy atom. The summed E-state index contributed by atoms with van der Waals surface area (Å²) >= 11 is 0. The molecule has 0 spiro atoms. The summed E-state index contributed by atoms with van der Waals surface area (Å²) in [6.07, 6.45) is 5.12. The molecule has 0 aliphatic heterocycles. The van der Waals surface area contributed by atoms with E-state index in [4.69, 9.17) is 0 Å². The van der Waals surface area contributed by atoms with Crippen molar-refractivity contribution in [2.75, 3.05) is 5.32 Å². The van der Waals surface area contributed by atoms with Gasteiger partial charge < -0.3 is 5.32 Å². The fraction of sp³-hybridized carbons (Fsp3) is 0.250. The van der Waals surface area contributed by atoms with Gasteiger partial charge in [-0.05, 0) is 18.6 Å². The van der Waals surface area contributed by atoms with Crippen LogP contribution in [0.2, 0.25) is 0 Å². The van der Waals surface area contributed by atoms with E-state index < -0.39 is 0 Å². The average molecular weight is 230 g/mol. The molecular weight excluding hydrogens is 216 g/mol. The third-order valence-electron chi connectivity index (χ3n) is 2.32. The summed E-state index contributed by atoms with van der Waals surface area (Å²) < 4.78 is 0. The van der Waals surface area contributed by atoms with E-state index in [1.807, 2.05) is 6.07 Å². The summed E-state index contributed by atoms with van der Waals surface area (Å²) in [7, 11) is 0. The second kappa shape index (κ2) is 5.25. The minimum Gasteiger partial charge on any atom is -0.305 e. The molecule has 0 saturated heterocycles. The van der Waals surface area contributed by atoms with Gasteiger partial charge in [-0.1, -0.05) is 13.3 Å². The van der Waals surface area contributed by atoms with Crippen LogP contribution in [0.25, 0.3) is 0 Å². The van der Waals surface area contributed by atoms with Crippen molar-refractivity contribution in [2.45, 2.75) is 19.8 Å². The van der Waals surface area contributed by atoms with Gasteiger partial charge in [0.25, 0.3) is 5.91 Å². The number of nitrogens with zero attached hydrogens (tertiary/aromatic N) is 2.